The van der Waals surface area contributed by atoms with Gasteiger partial charge in [0.25, 0.3) is 0 Å². The molecule has 0 aromatic rings. The van der Waals surface area contributed by atoms with Gasteiger partial charge in [-0.1, -0.05) is 0 Å². The molecule has 0 aliphatic heterocycles. The lowest BCUT2D eigenvalue weighted by atomic mass is 10.2. The third kappa shape index (κ3) is 5.71. The normalized spacial score (nSPS) is 11.3. The van der Waals surface area contributed by atoms with Gasteiger partial charge in [0, 0.05) is 12.7 Å². The SMILES string of the molecule is CC(=O)NC(CSC(C#N)C#N)C(C)=O. The van der Waals surface area contributed by atoms with Gasteiger partial charge >= 0.3 is 0 Å². The molecule has 1 atom stereocenters. The predicted molar refractivity (Wildman–Crippen MR) is 55.8 cm³/mol. The molecule has 1 unspecified atom stereocenters. The van der Waals surface area contributed by atoms with Crippen LogP contribution in [0.1, 0.15) is 13.8 Å². The third-order valence-electron chi connectivity index (χ3n) is 1.53. The molecule has 0 bridgehead atoms. The topological polar surface area (TPSA) is 93.8 Å². The minimum atomic E-state index is -0.805. The molecule has 6 heteroatoms. The third-order valence-corrected chi connectivity index (χ3v) is 2.60. The number of Topliss-reactive ketones (excluding diaryl/α,β-unsaturated/α-hetero) is 1. The quantitative estimate of drug-likeness (QED) is 0.722. The van der Waals surface area contributed by atoms with Crippen molar-refractivity contribution in [3.8, 4) is 12.1 Å². The maximum Gasteiger partial charge on any atom is 0.217 e. The van der Waals surface area contributed by atoms with Gasteiger partial charge in [-0.25, -0.2) is 0 Å². The van der Waals surface area contributed by atoms with Crippen molar-refractivity contribution >= 4 is 23.5 Å². The van der Waals surface area contributed by atoms with Gasteiger partial charge in [-0.15, -0.1) is 11.8 Å². The zero-order valence-corrected chi connectivity index (χ0v) is 9.30. The Hall–Kier alpha value is -1.53. The average Bonchev–Trinajstić information content (AvgIpc) is 2.16. The van der Waals surface area contributed by atoms with Crippen molar-refractivity contribution in [3.63, 3.8) is 0 Å². The number of carbonyl (C=O) groups excluding carboxylic acids is 2. The number of nitriles is 2. The van der Waals surface area contributed by atoms with Crippen molar-refractivity contribution in [2.75, 3.05) is 5.75 Å². The number of amides is 1. The zero-order valence-electron chi connectivity index (χ0n) is 8.48. The molecular formula is C9H11N3O2S. The Bertz CT molecular complexity index is 315. The number of carbonyl (C=O) groups is 2. The van der Waals surface area contributed by atoms with E-state index < -0.39 is 11.3 Å². The average molecular weight is 225 g/mol. The van der Waals surface area contributed by atoms with Crippen LogP contribution in [0.25, 0.3) is 0 Å². The fraction of sp³-hybridized carbons (Fsp3) is 0.556. The largest absolute Gasteiger partial charge is 0.346 e. The summed E-state index contributed by atoms with van der Waals surface area (Å²) in [5, 5.41) is 18.6. The molecule has 1 N–H and O–H groups in total. The smallest absolute Gasteiger partial charge is 0.217 e. The second-order valence-electron chi connectivity index (χ2n) is 2.84. The number of nitrogens with one attached hydrogen (secondary N) is 1. The summed E-state index contributed by atoms with van der Waals surface area (Å²) in [6, 6.07) is 2.93. The number of hydrogen-bond acceptors (Lipinski definition) is 5. The monoisotopic (exact) mass is 225 g/mol. The van der Waals surface area contributed by atoms with Crippen LogP contribution in [0.5, 0.6) is 0 Å². The van der Waals surface area contributed by atoms with E-state index in [0.717, 1.165) is 11.8 Å². The van der Waals surface area contributed by atoms with Gasteiger partial charge in [-0.05, 0) is 6.92 Å². The van der Waals surface area contributed by atoms with Crippen molar-refractivity contribution in [2.45, 2.75) is 25.1 Å². The van der Waals surface area contributed by atoms with Crippen LogP contribution in [0.2, 0.25) is 0 Å². The lowest BCUT2D eigenvalue weighted by Gasteiger charge is -2.13. The predicted octanol–water partition coefficient (Wildman–Crippen LogP) is 0.229. The number of rotatable bonds is 5. The van der Waals surface area contributed by atoms with E-state index in [2.05, 4.69) is 5.32 Å². The Morgan fingerprint density at radius 1 is 1.33 bits per heavy atom. The van der Waals surface area contributed by atoms with E-state index in [9.17, 15) is 9.59 Å². The van der Waals surface area contributed by atoms with Gasteiger partial charge in [0.15, 0.2) is 11.0 Å². The minimum absolute atomic E-state index is 0.188. The van der Waals surface area contributed by atoms with E-state index in [1.807, 2.05) is 0 Å². The molecule has 0 radical (unpaired) electrons. The van der Waals surface area contributed by atoms with Crippen molar-refractivity contribution in [1.82, 2.24) is 5.32 Å². The molecule has 0 rings (SSSR count). The fourth-order valence-corrected chi connectivity index (χ4v) is 1.65. The van der Waals surface area contributed by atoms with E-state index in [0.29, 0.717) is 0 Å². The Labute approximate surface area is 92.4 Å². The summed E-state index contributed by atoms with van der Waals surface area (Å²) < 4.78 is 0. The summed E-state index contributed by atoms with van der Waals surface area (Å²) in [5.41, 5.74) is 0. The standard InChI is InChI=1S/C9H11N3O2S/c1-6(13)9(12-7(2)14)5-15-8(3-10)4-11/h8-9H,5H2,1-2H3,(H,12,14). The second-order valence-corrected chi connectivity index (χ2v) is 3.97. The molecule has 0 spiro atoms. The van der Waals surface area contributed by atoms with Crippen molar-refractivity contribution in [3.05, 3.63) is 0 Å². The van der Waals surface area contributed by atoms with Crippen molar-refractivity contribution < 1.29 is 9.59 Å². The van der Waals surface area contributed by atoms with E-state index in [1.165, 1.54) is 13.8 Å². The molecule has 0 saturated carbocycles. The minimum Gasteiger partial charge on any atom is -0.346 e. The fourth-order valence-electron chi connectivity index (χ4n) is 0.802. The highest BCUT2D eigenvalue weighted by atomic mass is 32.2. The molecule has 0 aliphatic rings. The van der Waals surface area contributed by atoms with Gasteiger partial charge in [0.2, 0.25) is 5.91 Å². The highest BCUT2D eigenvalue weighted by Gasteiger charge is 2.17. The van der Waals surface area contributed by atoms with Crippen LogP contribution >= 0.6 is 11.8 Å². The molecule has 0 fully saturated rings. The molecule has 0 heterocycles. The van der Waals surface area contributed by atoms with E-state index >= 15 is 0 Å². The molecule has 80 valence electrons. The van der Waals surface area contributed by atoms with Crippen LogP contribution in [-0.2, 0) is 9.59 Å². The molecule has 0 aromatic heterocycles. The number of nitrogens with zero attached hydrogens (tertiary/aromatic N) is 2. The maximum atomic E-state index is 11.1. The summed E-state index contributed by atoms with van der Waals surface area (Å²) >= 11 is 1.04. The zero-order chi connectivity index (χ0) is 11.8. The molecule has 0 aromatic carbocycles. The first-order valence-electron chi connectivity index (χ1n) is 4.19. The summed E-state index contributed by atoms with van der Waals surface area (Å²) in [6.07, 6.45) is 0. The molecular weight excluding hydrogens is 214 g/mol. The summed E-state index contributed by atoms with van der Waals surface area (Å²) in [4.78, 5) is 21.8. The van der Waals surface area contributed by atoms with Crippen LogP contribution in [0.15, 0.2) is 0 Å². The lowest BCUT2D eigenvalue weighted by Crippen LogP contribution is -2.40. The van der Waals surface area contributed by atoms with Gasteiger partial charge < -0.3 is 5.32 Å². The Balaban J connectivity index is 4.21. The highest BCUT2D eigenvalue weighted by Crippen LogP contribution is 2.11. The summed E-state index contributed by atoms with van der Waals surface area (Å²) in [6.45, 7) is 2.67. The van der Waals surface area contributed by atoms with E-state index in [1.54, 1.807) is 12.1 Å². The summed E-state index contributed by atoms with van der Waals surface area (Å²) in [7, 11) is 0. The number of thioether (sulfide) groups is 1. The first-order valence-corrected chi connectivity index (χ1v) is 5.24. The Morgan fingerprint density at radius 2 is 1.87 bits per heavy atom. The number of hydrogen-bond donors (Lipinski definition) is 1. The summed E-state index contributed by atoms with van der Waals surface area (Å²) in [5.74, 6) is -0.255. The van der Waals surface area contributed by atoms with E-state index in [4.69, 9.17) is 10.5 Å². The second kappa shape index (κ2) is 6.86. The van der Waals surface area contributed by atoms with E-state index in [-0.39, 0.29) is 17.4 Å². The van der Waals surface area contributed by atoms with Crippen molar-refractivity contribution in [1.29, 1.82) is 10.5 Å². The van der Waals surface area contributed by atoms with Crippen molar-refractivity contribution in [2.24, 2.45) is 0 Å². The van der Waals surface area contributed by atoms with Gasteiger partial charge in [-0.2, -0.15) is 10.5 Å². The molecule has 0 saturated heterocycles. The van der Waals surface area contributed by atoms with Crippen LogP contribution in [0.4, 0.5) is 0 Å². The van der Waals surface area contributed by atoms with Crippen LogP contribution < -0.4 is 5.32 Å². The van der Waals surface area contributed by atoms with Gasteiger partial charge in [0.1, 0.15) is 0 Å². The lowest BCUT2D eigenvalue weighted by molar-refractivity contribution is -0.125. The van der Waals surface area contributed by atoms with Gasteiger partial charge in [0.05, 0.1) is 18.2 Å². The van der Waals surface area contributed by atoms with Crippen LogP contribution in [0, 0.1) is 22.7 Å². The molecule has 1 amide bonds. The molecule has 0 aliphatic carbocycles. The Kier molecular flexibility index (Phi) is 6.16. The first-order chi connectivity index (χ1) is 7.01. The van der Waals surface area contributed by atoms with Crippen LogP contribution in [-0.4, -0.2) is 28.7 Å². The number of ketones is 1. The first kappa shape index (κ1) is 13.5. The molecule has 5 nitrogen and oxygen atoms in total. The highest BCUT2D eigenvalue weighted by molar-refractivity contribution is 8.00. The Morgan fingerprint density at radius 3 is 2.20 bits per heavy atom. The van der Waals surface area contributed by atoms with Gasteiger partial charge in [-0.3, -0.25) is 9.59 Å². The maximum absolute atomic E-state index is 11.1. The molecule has 15 heavy (non-hydrogen) atoms. The van der Waals surface area contributed by atoms with Crippen LogP contribution in [0.3, 0.4) is 0 Å².